The molecular weight excluding hydrogens is 359 g/mol. The van der Waals surface area contributed by atoms with Crippen molar-refractivity contribution in [3.8, 4) is 0 Å². The normalized spacial score (nSPS) is 26.1. The van der Waals surface area contributed by atoms with Crippen LogP contribution in [0, 0.1) is 11.2 Å². The third-order valence-electron chi connectivity index (χ3n) is 6.66. The van der Waals surface area contributed by atoms with Crippen molar-refractivity contribution in [2.24, 2.45) is 5.41 Å². The molecule has 1 N–H and O–H groups in total. The highest BCUT2D eigenvalue weighted by molar-refractivity contribution is 5.83. The fourth-order valence-corrected chi connectivity index (χ4v) is 4.43. The summed E-state index contributed by atoms with van der Waals surface area (Å²) in [4.78, 5) is 14.6. The zero-order valence-corrected chi connectivity index (χ0v) is 16.0. The molecular formula is C21H25FN4O2. The number of anilines is 1. The maximum atomic E-state index is 13.9. The van der Waals surface area contributed by atoms with Crippen LogP contribution in [-0.2, 0) is 4.79 Å². The summed E-state index contributed by atoms with van der Waals surface area (Å²) in [7, 11) is 0. The monoisotopic (exact) mass is 384 g/mol. The molecule has 1 spiro atoms. The van der Waals surface area contributed by atoms with E-state index >= 15 is 0 Å². The summed E-state index contributed by atoms with van der Waals surface area (Å²) in [6.45, 7) is 3.51. The fourth-order valence-electron chi connectivity index (χ4n) is 4.43. The van der Waals surface area contributed by atoms with Crippen molar-refractivity contribution in [1.29, 1.82) is 0 Å². The first-order chi connectivity index (χ1) is 13.5. The Hall–Kier alpha value is -2.44. The first-order valence-corrected chi connectivity index (χ1v) is 10.2. The molecule has 28 heavy (non-hydrogen) atoms. The van der Waals surface area contributed by atoms with E-state index in [9.17, 15) is 9.18 Å². The standard InChI is InChI=1S/C21H25FN4O2/c1-13(19(27)26-10-8-21(6-7-21)9-11-26)23-20-25-24-18(28-20)16-12-15(16)14-4-2-3-5-17(14)22/h2-5,13,15-16H,6-12H2,1H3,(H,23,25)/t13-,15-,16?/m0/s1. The molecule has 5 rings (SSSR count). The summed E-state index contributed by atoms with van der Waals surface area (Å²) in [6.07, 6.45) is 5.68. The number of carbonyl (C=O) groups excluding carboxylic acids is 1. The quantitative estimate of drug-likeness (QED) is 0.851. The summed E-state index contributed by atoms with van der Waals surface area (Å²) in [5, 5.41) is 11.2. The van der Waals surface area contributed by atoms with E-state index in [1.807, 2.05) is 17.9 Å². The molecule has 3 aliphatic rings. The highest BCUT2D eigenvalue weighted by Crippen LogP contribution is 2.55. The van der Waals surface area contributed by atoms with E-state index < -0.39 is 6.04 Å². The van der Waals surface area contributed by atoms with Gasteiger partial charge in [0.05, 0.1) is 0 Å². The summed E-state index contributed by atoms with van der Waals surface area (Å²) < 4.78 is 19.7. The van der Waals surface area contributed by atoms with Crippen LogP contribution in [0.5, 0.6) is 0 Å². The zero-order chi connectivity index (χ0) is 19.3. The molecule has 1 amide bonds. The molecule has 148 valence electrons. The second-order valence-electron chi connectivity index (χ2n) is 8.61. The lowest BCUT2D eigenvalue weighted by molar-refractivity contribution is -0.133. The maximum absolute atomic E-state index is 13.9. The molecule has 1 aliphatic heterocycles. The van der Waals surface area contributed by atoms with Crippen LogP contribution in [0.3, 0.4) is 0 Å². The van der Waals surface area contributed by atoms with E-state index in [4.69, 9.17) is 4.42 Å². The van der Waals surface area contributed by atoms with E-state index in [1.165, 1.54) is 18.9 Å². The predicted octanol–water partition coefficient (Wildman–Crippen LogP) is 3.68. The molecule has 2 aromatic rings. The van der Waals surface area contributed by atoms with Gasteiger partial charge in [-0.05, 0) is 62.0 Å². The highest BCUT2D eigenvalue weighted by Gasteiger charge is 2.46. The maximum Gasteiger partial charge on any atom is 0.316 e. The third kappa shape index (κ3) is 3.27. The van der Waals surface area contributed by atoms with E-state index in [0.717, 1.165) is 32.4 Å². The SMILES string of the molecule is C[C@H](Nc1nnc(C2C[C@H]2c2ccccc2F)o1)C(=O)N1CCC2(CC1)CC2. The number of aromatic nitrogens is 2. The van der Waals surface area contributed by atoms with Crippen LogP contribution < -0.4 is 5.32 Å². The van der Waals surface area contributed by atoms with Gasteiger partial charge in [-0.25, -0.2) is 4.39 Å². The van der Waals surface area contributed by atoms with Crippen LogP contribution in [0.25, 0.3) is 0 Å². The van der Waals surface area contributed by atoms with Crippen LogP contribution >= 0.6 is 0 Å². The van der Waals surface area contributed by atoms with Crippen molar-refractivity contribution in [2.45, 2.75) is 56.9 Å². The van der Waals surface area contributed by atoms with Crippen molar-refractivity contribution in [1.82, 2.24) is 15.1 Å². The molecule has 3 atom stereocenters. The Labute approximate surface area is 163 Å². The Morgan fingerprint density at radius 2 is 1.96 bits per heavy atom. The number of nitrogens with zero attached hydrogens (tertiary/aromatic N) is 3. The molecule has 2 heterocycles. The highest BCUT2D eigenvalue weighted by atomic mass is 19.1. The Bertz CT molecular complexity index is 884. The number of nitrogens with one attached hydrogen (secondary N) is 1. The first-order valence-electron chi connectivity index (χ1n) is 10.2. The lowest BCUT2D eigenvalue weighted by Gasteiger charge is -2.33. The van der Waals surface area contributed by atoms with Crippen molar-refractivity contribution in [3.63, 3.8) is 0 Å². The topological polar surface area (TPSA) is 71.3 Å². The summed E-state index contributed by atoms with van der Waals surface area (Å²) in [6, 6.07) is 6.66. The van der Waals surface area contributed by atoms with E-state index in [0.29, 0.717) is 16.9 Å². The largest absolute Gasteiger partial charge is 0.408 e. The minimum absolute atomic E-state index is 0.0442. The van der Waals surface area contributed by atoms with Gasteiger partial charge in [0.2, 0.25) is 11.8 Å². The molecule has 1 aromatic carbocycles. The van der Waals surface area contributed by atoms with Gasteiger partial charge in [0.15, 0.2) is 0 Å². The Balaban J connectivity index is 1.18. The minimum Gasteiger partial charge on any atom is -0.408 e. The Morgan fingerprint density at radius 1 is 1.21 bits per heavy atom. The molecule has 0 bridgehead atoms. The number of hydrogen-bond acceptors (Lipinski definition) is 5. The molecule has 3 fully saturated rings. The smallest absolute Gasteiger partial charge is 0.316 e. The van der Waals surface area contributed by atoms with E-state index in [2.05, 4.69) is 15.5 Å². The van der Waals surface area contributed by atoms with Gasteiger partial charge in [0.25, 0.3) is 0 Å². The van der Waals surface area contributed by atoms with E-state index in [1.54, 1.807) is 12.1 Å². The zero-order valence-electron chi connectivity index (χ0n) is 16.0. The van der Waals surface area contributed by atoms with Gasteiger partial charge in [-0.1, -0.05) is 23.3 Å². The number of rotatable bonds is 5. The Morgan fingerprint density at radius 3 is 2.68 bits per heavy atom. The number of piperidine rings is 1. The van der Waals surface area contributed by atoms with Crippen LogP contribution in [-0.4, -0.2) is 40.1 Å². The number of halogens is 1. The minimum atomic E-state index is -0.414. The molecule has 2 aliphatic carbocycles. The number of benzene rings is 1. The molecule has 0 radical (unpaired) electrons. The second-order valence-corrected chi connectivity index (χ2v) is 8.61. The first kappa shape index (κ1) is 17.6. The average molecular weight is 384 g/mol. The molecule has 6 nitrogen and oxygen atoms in total. The van der Waals surface area contributed by atoms with Gasteiger partial charge >= 0.3 is 6.01 Å². The number of amides is 1. The lowest BCUT2D eigenvalue weighted by Crippen LogP contribution is -2.45. The van der Waals surface area contributed by atoms with Gasteiger partial charge in [-0.3, -0.25) is 4.79 Å². The third-order valence-corrected chi connectivity index (χ3v) is 6.66. The van der Waals surface area contributed by atoms with Gasteiger partial charge in [-0.2, -0.15) is 0 Å². The molecule has 1 aromatic heterocycles. The van der Waals surface area contributed by atoms with Crippen molar-refractivity contribution in [2.75, 3.05) is 18.4 Å². The molecule has 2 saturated carbocycles. The van der Waals surface area contributed by atoms with Gasteiger partial charge in [0, 0.05) is 19.0 Å². The van der Waals surface area contributed by atoms with Crippen molar-refractivity contribution in [3.05, 3.63) is 41.5 Å². The lowest BCUT2D eigenvalue weighted by atomic mass is 9.93. The van der Waals surface area contributed by atoms with Crippen LogP contribution in [0.15, 0.2) is 28.7 Å². The van der Waals surface area contributed by atoms with E-state index in [-0.39, 0.29) is 29.6 Å². The summed E-state index contributed by atoms with van der Waals surface area (Å²) in [5.41, 5.74) is 1.25. The number of likely N-dealkylation sites (tertiary alicyclic amines) is 1. The van der Waals surface area contributed by atoms with Crippen LogP contribution in [0.1, 0.15) is 62.3 Å². The van der Waals surface area contributed by atoms with Crippen LogP contribution in [0.2, 0.25) is 0 Å². The fraction of sp³-hybridized carbons (Fsp3) is 0.571. The average Bonchev–Trinajstić information content (AvgIpc) is 3.61. The van der Waals surface area contributed by atoms with Gasteiger partial charge in [0.1, 0.15) is 11.9 Å². The van der Waals surface area contributed by atoms with Crippen molar-refractivity contribution >= 4 is 11.9 Å². The number of hydrogen-bond donors (Lipinski definition) is 1. The molecule has 7 heteroatoms. The molecule has 1 unspecified atom stereocenters. The number of carbonyl (C=O) groups is 1. The summed E-state index contributed by atoms with van der Waals surface area (Å²) in [5.74, 6) is 0.510. The molecule has 1 saturated heterocycles. The van der Waals surface area contributed by atoms with Gasteiger partial charge < -0.3 is 14.6 Å². The van der Waals surface area contributed by atoms with Crippen molar-refractivity contribution < 1.29 is 13.6 Å². The Kier molecular flexibility index (Phi) is 4.14. The predicted molar refractivity (Wildman–Crippen MR) is 101 cm³/mol. The van der Waals surface area contributed by atoms with Crippen LogP contribution in [0.4, 0.5) is 10.4 Å². The summed E-state index contributed by atoms with van der Waals surface area (Å²) >= 11 is 0. The van der Waals surface area contributed by atoms with Gasteiger partial charge in [-0.15, -0.1) is 5.10 Å². The second kappa shape index (κ2) is 6.57.